The second-order valence-corrected chi connectivity index (χ2v) is 6.72. The number of anilines is 1. The van der Waals surface area contributed by atoms with E-state index in [1.165, 1.54) is 24.2 Å². The topological polar surface area (TPSA) is 41.5 Å². The first-order chi connectivity index (χ1) is 10.2. The van der Waals surface area contributed by atoms with Gasteiger partial charge in [0.1, 0.15) is 0 Å². The summed E-state index contributed by atoms with van der Waals surface area (Å²) >= 11 is 1.71. The average Bonchev–Trinajstić information content (AvgIpc) is 2.52. The molecule has 0 radical (unpaired) electrons. The molecule has 0 saturated heterocycles. The molecule has 0 aliphatic heterocycles. The van der Waals surface area contributed by atoms with E-state index in [0.29, 0.717) is 25.2 Å². The second-order valence-electron chi connectivity index (χ2n) is 5.87. The van der Waals surface area contributed by atoms with Crippen molar-refractivity contribution in [2.45, 2.75) is 49.7 Å². The third kappa shape index (κ3) is 5.20. The van der Waals surface area contributed by atoms with E-state index in [9.17, 15) is 5.11 Å². The molecule has 1 aromatic rings. The van der Waals surface area contributed by atoms with Gasteiger partial charge >= 0.3 is 0 Å². The third-order valence-corrected chi connectivity index (χ3v) is 4.97. The Morgan fingerprint density at radius 3 is 2.86 bits per heavy atom. The first-order valence-corrected chi connectivity index (χ1v) is 9.09. The van der Waals surface area contributed by atoms with Gasteiger partial charge in [-0.15, -0.1) is 11.8 Å². The summed E-state index contributed by atoms with van der Waals surface area (Å²) in [4.78, 5) is 1.20. The lowest BCUT2D eigenvalue weighted by Crippen LogP contribution is -2.32. The van der Waals surface area contributed by atoms with Gasteiger partial charge in [-0.3, -0.25) is 0 Å². The van der Waals surface area contributed by atoms with Crippen molar-refractivity contribution in [1.29, 1.82) is 0 Å². The SMILES string of the molecule is CSc1ccccc1NCC(O)COC1CCCCC1C. The summed E-state index contributed by atoms with van der Waals surface area (Å²) in [7, 11) is 0. The first kappa shape index (κ1) is 16.7. The van der Waals surface area contributed by atoms with Gasteiger partial charge in [0, 0.05) is 17.1 Å². The van der Waals surface area contributed by atoms with Crippen molar-refractivity contribution in [1.82, 2.24) is 0 Å². The molecule has 21 heavy (non-hydrogen) atoms. The number of benzene rings is 1. The fourth-order valence-electron chi connectivity index (χ4n) is 2.84. The molecule has 1 aromatic carbocycles. The Bertz CT molecular complexity index is 427. The van der Waals surface area contributed by atoms with E-state index in [4.69, 9.17) is 4.74 Å². The summed E-state index contributed by atoms with van der Waals surface area (Å²) in [6.07, 6.45) is 6.88. The Labute approximate surface area is 132 Å². The largest absolute Gasteiger partial charge is 0.389 e. The van der Waals surface area contributed by atoms with Crippen LogP contribution in [-0.2, 0) is 4.74 Å². The van der Waals surface area contributed by atoms with E-state index in [2.05, 4.69) is 24.6 Å². The van der Waals surface area contributed by atoms with Gasteiger partial charge in [0.25, 0.3) is 0 Å². The van der Waals surface area contributed by atoms with E-state index in [1.807, 2.05) is 18.2 Å². The van der Waals surface area contributed by atoms with Crippen LogP contribution in [0.3, 0.4) is 0 Å². The second kappa shape index (κ2) is 8.66. The molecule has 3 unspecified atom stereocenters. The number of aliphatic hydroxyl groups is 1. The van der Waals surface area contributed by atoms with Gasteiger partial charge < -0.3 is 15.2 Å². The van der Waals surface area contributed by atoms with E-state index < -0.39 is 6.10 Å². The standard InChI is InChI=1S/C17H27NO2S/c1-13-7-3-5-9-16(13)20-12-14(19)11-18-15-8-4-6-10-17(15)21-2/h4,6,8,10,13-14,16,18-19H,3,5,7,9,11-12H2,1-2H3. The number of nitrogens with one attached hydrogen (secondary N) is 1. The summed E-state index contributed by atoms with van der Waals surface area (Å²) < 4.78 is 5.91. The minimum atomic E-state index is -0.464. The zero-order valence-electron chi connectivity index (χ0n) is 13.0. The maximum Gasteiger partial charge on any atom is 0.0945 e. The molecule has 2 rings (SSSR count). The van der Waals surface area contributed by atoms with Crippen LogP contribution in [0.4, 0.5) is 5.69 Å². The molecule has 0 spiro atoms. The zero-order chi connectivity index (χ0) is 15.1. The highest BCUT2D eigenvalue weighted by molar-refractivity contribution is 7.98. The van der Waals surface area contributed by atoms with Crippen molar-refractivity contribution in [3.8, 4) is 0 Å². The molecular weight excluding hydrogens is 282 g/mol. The van der Waals surface area contributed by atoms with Crippen LogP contribution in [0.2, 0.25) is 0 Å². The number of hydrogen-bond donors (Lipinski definition) is 2. The van der Waals surface area contributed by atoms with Crippen LogP contribution in [0.25, 0.3) is 0 Å². The summed E-state index contributed by atoms with van der Waals surface area (Å²) in [5.74, 6) is 0.621. The summed E-state index contributed by atoms with van der Waals surface area (Å²) in [6, 6.07) is 8.16. The normalized spacial score (nSPS) is 23.8. The molecule has 118 valence electrons. The Balaban J connectivity index is 1.73. The molecule has 0 bridgehead atoms. The Kier molecular flexibility index (Phi) is 6.87. The van der Waals surface area contributed by atoms with Crippen LogP contribution < -0.4 is 5.32 Å². The molecule has 0 aromatic heterocycles. The monoisotopic (exact) mass is 309 g/mol. The van der Waals surface area contributed by atoms with Crippen LogP contribution in [0.15, 0.2) is 29.2 Å². The van der Waals surface area contributed by atoms with Crippen LogP contribution in [0.5, 0.6) is 0 Å². The molecule has 1 aliphatic rings. The van der Waals surface area contributed by atoms with Gasteiger partial charge in [-0.05, 0) is 37.1 Å². The van der Waals surface area contributed by atoms with E-state index in [0.717, 1.165) is 12.1 Å². The van der Waals surface area contributed by atoms with Gasteiger partial charge in [0.05, 0.1) is 18.8 Å². The maximum absolute atomic E-state index is 10.1. The smallest absolute Gasteiger partial charge is 0.0945 e. The molecule has 4 heteroatoms. The molecular formula is C17H27NO2S. The van der Waals surface area contributed by atoms with E-state index in [-0.39, 0.29) is 0 Å². The summed E-state index contributed by atoms with van der Waals surface area (Å²) in [5.41, 5.74) is 1.08. The molecule has 1 saturated carbocycles. The number of aliphatic hydroxyl groups excluding tert-OH is 1. The van der Waals surface area contributed by atoms with Crippen molar-refractivity contribution >= 4 is 17.4 Å². The van der Waals surface area contributed by atoms with Gasteiger partial charge in [-0.25, -0.2) is 0 Å². The van der Waals surface area contributed by atoms with Gasteiger partial charge in [0.15, 0.2) is 0 Å². The number of thioether (sulfide) groups is 1. The number of hydrogen-bond acceptors (Lipinski definition) is 4. The average molecular weight is 309 g/mol. The van der Waals surface area contributed by atoms with Crippen molar-refractivity contribution in [2.75, 3.05) is 24.7 Å². The molecule has 3 atom stereocenters. The van der Waals surface area contributed by atoms with Gasteiger partial charge in [-0.2, -0.15) is 0 Å². The van der Waals surface area contributed by atoms with Crippen molar-refractivity contribution in [2.24, 2.45) is 5.92 Å². The van der Waals surface area contributed by atoms with Crippen LogP contribution in [0, 0.1) is 5.92 Å². The lowest BCUT2D eigenvalue weighted by molar-refractivity contribution is -0.0424. The van der Waals surface area contributed by atoms with Crippen LogP contribution in [0.1, 0.15) is 32.6 Å². The highest BCUT2D eigenvalue weighted by Crippen LogP contribution is 2.27. The maximum atomic E-state index is 10.1. The molecule has 3 nitrogen and oxygen atoms in total. The molecule has 1 aliphatic carbocycles. The number of ether oxygens (including phenoxy) is 1. The minimum absolute atomic E-state index is 0.326. The fraction of sp³-hybridized carbons (Fsp3) is 0.647. The van der Waals surface area contributed by atoms with E-state index in [1.54, 1.807) is 11.8 Å². The minimum Gasteiger partial charge on any atom is -0.389 e. The van der Waals surface area contributed by atoms with Crippen LogP contribution >= 0.6 is 11.8 Å². The van der Waals surface area contributed by atoms with Crippen LogP contribution in [-0.4, -0.2) is 36.7 Å². The quantitative estimate of drug-likeness (QED) is 0.752. The Morgan fingerprint density at radius 2 is 2.10 bits per heavy atom. The van der Waals surface area contributed by atoms with Gasteiger partial charge in [0.2, 0.25) is 0 Å². The predicted molar refractivity (Wildman–Crippen MR) is 90.1 cm³/mol. The lowest BCUT2D eigenvalue weighted by atomic mass is 9.88. The lowest BCUT2D eigenvalue weighted by Gasteiger charge is -2.29. The summed E-state index contributed by atoms with van der Waals surface area (Å²) in [5, 5.41) is 13.4. The third-order valence-electron chi connectivity index (χ3n) is 4.17. The molecule has 0 amide bonds. The van der Waals surface area contributed by atoms with Crippen molar-refractivity contribution in [3.05, 3.63) is 24.3 Å². The molecule has 0 heterocycles. The predicted octanol–water partition coefficient (Wildman–Crippen LogP) is 3.78. The van der Waals surface area contributed by atoms with E-state index >= 15 is 0 Å². The molecule has 1 fully saturated rings. The highest BCUT2D eigenvalue weighted by atomic mass is 32.2. The van der Waals surface area contributed by atoms with Crippen molar-refractivity contribution in [3.63, 3.8) is 0 Å². The summed E-state index contributed by atoms with van der Waals surface area (Å²) in [6.45, 7) is 3.20. The Morgan fingerprint density at radius 1 is 1.33 bits per heavy atom. The van der Waals surface area contributed by atoms with Crippen molar-refractivity contribution < 1.29 is 9.84 Å². The zero-order valence-corrected chi connectivity index (χ0v) is 13.9. The highest BCUT2D eigenvalue weighted by Gasteiger charge is 2.22. The van der Waals surface area contributed by atoms with Gasteiger partial charge in [-0.1, -0.05) is 31.9 Å². The molecule has 2 N–H and O–H groups in total. The number of para-hydroxylation sites is 1. The number of rotatable bonds is 7. The fourth-order valence-corrected chi connectivity index (χ4v) is 3.42. The first-order valence-electron chi connectivity index (χ1n) is 7.87. The Hall–Kier alpha value is -0.710.